The highest BCUT2D eigenvalue weighted by molar-refractivity contribution is 6.31. The lowest BCUT2D eigenvalue weighted by Gasteiger charge is -2.09. The first-order chi connectivity index (χ1) is 14.5. The summed E-state index contributed by atoms with van der Waals surface area (Å²) in [6.45, 7) is -0.107. The molecule has 3 rings (SSSR count). The second-order valence-corrected chi connectivity index (χ2v) is 7.04. The highest BCUT2D eigenvalue weighted by Crippen LogP contribution is 2.23. The molecule has 0 fully saturated rings. The molecule has 0 spiro atoms. The zero-order valence-electron chi connectivity index (χ0n) is 15.6. The number of halogens is 3. The average molecular weight is 447 g/mol. The molecule has 0 bridgehead atoms. The second-order valence-electron chi connectivity index (χ2n) is 6.16. The summed E-state index contributed by atoms with van der Waals surface area (Å²) in [7, 11) is 0. The molecule has 0 aromatic heterocycles. The van der Waals surface area contributed by atoms with Gasteiger partial charge >= 0.3 is 0 Å². The summed E-state index contributed by atoms with van der Waals surface area (Å²) >= 11 is 11.8. The number of carbonyl (C=O) groups excluding carboxylic acids is 1. The first-order valence-corrected chi connectivity index (χ1v) is 9.63. The number of nitrogens with one attached hydrogen (secondary N) is 1. The Kier molecular flexibility index (Phi) is 7.65. The van der Waals surface area contributed by atoms with E-state index in [0.717, 1.165) is 0 Å². The van der Waals surface area contributed by atoms with Crippen LogP contribution in [0, 0.1) is 5.82 Å². The molecule has 0 saturated heterocycles. The number of anilines is 1. The smallest absolute Gasteiger partial charge is 0.265 e. The Balaban J connectivity index is 1.55. The highest BCUT2D eigenvalue weighted by atomic mass is 35.5. The van der Waals surface area contributed by atoms with Crippen LogP contribution in [0.2, 0.25) is 10.0 Å². The van der Waals surface area contributed by atoms with Crippen LogP contribution in [0.15, 0.2) is 71.9 Å². The van der Waals surface area contributed by atoms with E-state index >= 15 is 0 Å². The Morgan fingerprint density at radius 2 is 1.80 bits per heavy atom. The number of rotatable bonds is 8. The quantitative estimate of drug-likeness (QED) is 0.356. The minimum absolute atomic E-state index is 0.171. The molecule has 30 heavy (non-hydrogen) atoms. The zero-order valence-corrected chi connectivity index (χ0v) is 17.2. The van der Waals surface area contributed by atoms with Crippen molar-refractivity contribution >= 4 is 41.0 Å². The van der Waals surface area contributed by atoms with Crippen LogP contribution in [-0.4, -0.2) is 18.7 Å². The van der Waals surface area contributed by atoms with Crippen molar-refractivity contribution in [3.05, 3.63) is 93.7 Å². The van der Waals surface area contributed by atoms with E-state index in [-0.39, 0.29) is 24.9 Å². The maximum Gasteiger partial charge on any atom is 0.265 e. The Hall–Kier alpha value is -3.09. The largest absolute Gasteiger partial charge is 0.488 e. The number of carbonyl (C=O) groups is 1. The topological polar surface area (TPSA) is 59.9 Å². The second kappa shape index (κ2) is 10.6. The standard InChI is InChI=1S/C22H17Cl2FN2O3/c23-17-4-7-20(8-5-17)27-22(28)14-30-26-12-16-11-18(24)6-9-21(16)29-13-15-2-1-3-19(25)10-15/h1-12H,13-14H2,(H,27,28)/b26-12+. The van der Waals surface area contributed by atoms with Gasteiger partial charge in [0.25, 0.3) is 5.91 Å². The number of benzene rings is 3. The Bertz CT molecular complexity index is 1040. The van der Waals surface area contributed by atoms with Crippen LogP contribution in [-0.2, 0) is 16.2 Å². The number of hydrogen-bond acceptors (Lipinski definition) is 4. The molecule has 8 heteroatoms. The van der Waals surface area contributed by atoms with Gasteiger partial charge in [-0.1, -0.05) is 40.5 Å². The molecule has 1 N–H and O–H groups in total. The summed E-state index contributed by atoms with van der Waals surface area (Å²) in [5.74, 6) is -0.218. The average Bonchev–Trinajstić information content (AvgIpc) is 2.72. The van der Waals surface area contributed by atoms with Crippen LogP contribution < -0.4 is 10.1 Å². The van der Waals surface area contributed by atoms with E-state index in [9.17, 15) is 9.18 Å². The van der Waals surface area contributed by atoms with Gasteiger partial charge in [-0.2, -0.15) is 0 Å². The lowest BCUT2D eigenvalue weighted by Crippen LogP contribution is -2.16. The van der Waals surface area contributed by atoms with Crippen molar-refractivity contribution in [3.8, 4) is 5.75 Å². The van der Waals surface area contributed by atoms with Gasteiger partial charge in [-0.15, -0.1) is 0 Å². The number of oxime groups is 1. The van der Waals surface area contributed by atoms with Crippen LogP contribution in [0.4, 0.5) is 10.1 Å². The fraction of sp³-hybridized carbons (Fsp3) is 0.0909. The van der Waals surface area contributed by atoms with Gasteiger partial charge in [0.2, 0.25) is 0 Å². The number of hydrogen-bond donors (Lipinski definition) is 1. The van der Waals surface area contributed by atoms with Gasteiger partial charge in [0.1, 0.15) is 18.2 Å². The van der Waals surface area contributed by atoms with Crippen LogP contribution >= 0.6 is 23.2 Å². The van der Waals surface area contributed by atoms with Gasteiger partial charge in [0.05, 0.1) is 6.21 Å². The van der Waals surface area contributed by atoms with Gasteiger partial charge < -0.3 is 14.9 Å². The maximum atomic E-state index is 13.3. The third-order valence-electron chi connectivity index (χ3n) is 3.85. The van der Waals surface area contributed by atoms with Crippen LogP contribution in [0.1, 0.15) is 11.1 Å². The molecule has 0 aliphatic carbocycles. The van der Waals surface area contributed by atoms with Crippen molar-refractivity contribution < 1.29 is 18.8 Å². The molecule has 154 valence electrons. The summed E-state index contributed by atoms with van der Waals surface area (Å²) in [6.07, 6.45) is 1.39. The molecule has 0 saturated carbocycles. The molecular weight excluding hydrogens is 430 g/mol. The van der Waals surface area contributed by atoms with E-state index in [1.165, 1.54) is 18.3 Å². The van der Waals surface area contributed by atoms with Gasteiger partial charge in [-0.3, -0.25) is 4.79 Å². The lowest BCUT2D eigenvalue weighted by atomic mass is 10.2. The highest BCUT2D eigenvalue weighted by Gasteiger charge is 2.06. The van der Waals surface area contributed by atoms with Crippen LogP contribution in [0.5, 0.6) is 5.75 Å². The molecule has 0 aliphatic heterocycles. The molecule has 0 atom stereocenters. The summed E-state index contributed by atoms with van der Waals surface area (Å²) in [5, 5.41) is 7.52. The molecule has 0 heterocycles. The minimum Gasteiger partial charge on any atom is -0.488 e. The molecule has 0 aliphatic rings. The van der Waals surface area contributed by atoms with Crippen LogP contribution in [0.25, 0.3) is 0 Å². The predicted molar refractivity (Wildman–Crippen MR) is 116 cm³/mol. The molecule has 5 nitrogen and oxygen atoms in total. The van der Waals surface area contributed by atoms with Gasteiger partial charge in [0.15, 0.2) is 6.61 Å². The van der Waals surface area contributed by atoms with Crippen LogP contribution in [0.3, 0.4) is 0 Å². The SMILES string of the molecule is O=C(CO/N=C/c1cc(Cl)ccc1OCc1cccc(F)c1)Nc1ccc(Cl)cc1. The van der Waals surface area contributed by atoms with Gasteiger partial charge in [-0.25, -0.2) is 4.39 Å². The van der Waals surface area contributed by atoms with Crippen molar-refractivity contribution in [1.29, 1.82) is 0 Å². The first-order valence-electron chi connectivity index (χ1n) is 8.87. The Morgan fingerprint density at radius 1 is 1.03 bits per heavy atom. The monoisotopic (exact) mass is 446 g/mol. The van der Waals surface area contributed by atoms with Crippen molar-refractivity contribution in [3.63, 3.8) is 0 Å². The molecule has 0 unspecified atom stereocenters. The van der Waals surface area contributed by atoms with Crippen molar-refractivity contribution in [2.24, 2.45) is 5.16 Å². The van der Waals surface area contributed by atoms with E-state index in [1.54, 1.807) is 54.6 Å². The fourth-order valence-electron chi connectivity index (χ4n) is 2.46. The zero-order chi connectivity index (χ0) is 21.3. The number of amides is 1. The Labute approximate surface area is 183 Å². The van der Waals surface area contributed by atoms with E-state index < -0.39 is 0 Å². The summed E-state index contributed by atoms with van der Waals surface area (Å²) in [6, 6.07) is 17.8. The van der Waals surface area contributed by atoms with Gasteiger partial charge in [0, 0.05) is 21.3 Å². The van der Waals surface area contributed by atoms with E-state index in [0.29, 0.717) is 32.6 Å². The van der Waals surface area contributed by atoms with Crippen molar-refractivity contribution in [2.45, 2.75) is 6.61 Å². The third-order valence-corrected chi connectivity index (χ3v) is 4.33. The van der Waals surface area contributed by atoms with E-state index in [1.807, 2.05) is 0 Å². The first kappa shape index (κ1) is 21.6. The summed E-state index contributed by atoms with van der Waals surface area (Å²) in [5.41, 5.74) is 1.83. The van der Waals surface area contributed by atoms with Crippen molar-refractivity contribution in [1.82, 2.24) is 0 Å². The van der Waals surface area contributed by atoms with E-state index in [4.69, 9.17) is 32.8 Å². The maximum absolute atomic E-state index is 13.3. The molecule has 1 amide bonds. The lowest BCUT2D eigenvalue weighted by molar-refractivity contribution is -0.120. The molecule has 3 aromatic rings. The minimum atomic E-state index is -0.372. The molecule has 0 radical (unpaired) electrons. The van der Waals surface area contributed by atoms with Crippen molar-refractivity contribution in [2.75, 3.05) is 11.9 Å². The number of nitrogens with zero attached hydrogens (tertiary/aromatic N) is 1. The molecular formula is C22H17Cl2FN2O3. The summed E-state index contributed by atoms with van der Waals surface area (Å²) < 4.78 is 19.0. The Morgan fingerprint density at radius 3 is 2.57 bits per heavy atom. The number of ether oxygens (including phenoxy) is 1. The van der Waals surface area contributed by atoms with Gasteiger partial charge in [-0.05, 0) is 60.2 Å². The van der Waals surface area contributed by atoms with E-state index in [2.05, 4.69) is 10.5 Å². The third kappa shape index (κ3) is 6.76. The molecule has 3 aromatic carbocycles. The normalized spacial score (nSPS) is 10.8. The fourth-order valence-corrected chi connectivity index (χ4v) is 2.77. The summed E-state index contributed by atoms with van der Waals surface area (Å²) in [4.78, 5) is 16.9. The predicted octanol–water partition coefficient (Wildman–Crippen LogP) is 5.70.